The molecule has 20 heavy (non-hydrogen) atoms. The number of hydrogen-bond acceptors (Lipinski definition) is 2. The van der Waals surface area contributed by atoms with Crippen molar-refractivity contribution in [2.75, 3.05) is 13.6 Å². The van der Waals surface area contributed by atoms with Crippen molar-refractivity contribution in [2.45, 2.75) is 59.0 Å². The first-order chi connectivity index (χ1) is 9.29. The van der Waals surface area contributed by atoms with Crippen LogP contribution in [0.1, 0.15) is 47.0 Å². The van der Waals surface area contributed by atoms with Crippen LogP contribution in [0.15, 0.2) is 0 Å². The molecule has 5 nitrogen and oxygen atoms in total. The molecule has 0 aromatic heterocycles. The number of rotatable bonds is 6. The van der Waals surface area contributed by atoms with Crippen molar-refractivity contribution in [1.29, 1.82) is 0 Å². The molecule has 5 heteroatoms. The van der Waals surface area contributed by atoms with E-state index in [0.29, 0.717) is 24.8 Å². The Labute approximate surface area is 122 Å². The fourth-order valence-electron chi connectivity index (χ4n) is 2.69. The molecule has 116 valence electrons. The fraction of sp³-hybridized carbons (Fsp3) is 0.867. The van der Waals surface area contributed by atoms with Crippen LogP contribution in [0.5, 0.6) is 0 Å². The zero-order chi connectivity index (χ0) is 15.3. The van der Waals surface area contributed by atoms with E-state index in [4.69, 9.17) is 0 Å². The summed E-state index contributed by atoms with van der Waals surface area (Å²) in [6.07, 6.45) is 2.62. The molecule has 1 aliphatic rings. The van der Waals surface area contributed by atoms with Crippen molar-refractivity contribution in [3.05, 3.63) is 0 Å². The van der Waals surface area contributed by atoms with Gasteiger partial charge in [-0.3, -0.25) is 4.79 Å². The van der Waals surface area contributed by atoms with Crippen molar-refractivity contribution in [1.82, 2.24) is 15.5 Å². The minimum Gasteiger partial charge on any atom is -0.344 e. The van der Waals surface area contributed by atoms with Crippen molar-refractivity contribution in [3.63, 3.8) is 0 Å². The Kier molecular flexibility index (Phi) is 6.30. The number of urea groups is 1. The SMILES string of the molecule is CC(C)CC(CC(C)C)NC(=O)NC1CCN(C)C1=O. The third-order valence-electron chi connectivity index (χ3n) is 3.58. The van der Waals surface area contributed by atoms with Gasteiger partial charge in [0.25, 0.3) is 0 Å². The predicted octanol–water partition coefficient (Wildman–Crippen LogP) is 1.98. The van der Waals surface area contributed by atoms with Gasteiger partial charge in [0.2, 0.25) is 5.91 Å². The van der Waals surface area contributed by atoms with Crippen LogP contribution in [-0.4, -0.2) is 42.5 Å². The molecule has 1 heterocycles. The lowest BCUT2D eigenvalue weighted by molar-refractivity contribution is -0.128. The maximum absolute atomic E-state index is 12.0. The van der Waals surface area contributed by atoms with Gasteiger partial charge in [-0.15, -0.1) is 0 Å². The third-order valence-corrected chi connectivity index (χ3v) is 3.58. The molecule has 0 aromatic carbocycles. The highest BCUT2D eigenvalue weighted by Crippen LogP contribution is 2.13. The average Bonchev–Trinajstić information content (AvgIpc) is 2.59. The van der Waals surface area contributed by atoms with Crippen LogP contribution < -0.4 is 10.6 Å². The number of carbonyl (C=O) groups excluding carboxylic acids is 2. The van der Waals surface area contributed by atoms with Crippen molar-refractivity contribution in [2.24, 2.45) is 11.8 Å². The number of amides is 3. The van der Waals surface area contributed by atoms with Crippen LogP contribution in [0, 0.1) is 11.8 Å². The number of hydrogen-bond donors (Lipinski definition) is 2. The lowest BCUT2D eigenvalue weighted by Gasteiger charge is -2.23. The van der Waals surface area contributed by atoms with Crippen molar-refractivity contribution < 1.29 is 9.59 Å². The Bertz CT molecular complexity index is 332. The van der Waals surface area contributed by atoms with Crippen molar-refractivity contribution in [3.8, 4) is 0 Å². The molecule has 0 spiro atoms. The largest absolute Gasteiger partial charge is 0.344 e. The first kappa shape index (κ1) is 16.8. The molecule has 2 N–H and O–H groups in total. The Hall–Kier alpha value is -1.26. The van der Waals surface area contributed by atoms with Crippen molar-refractivity contribution >= 4 is 11.9 Å². The first-order valence-electron chi connectivity index (χ1n) is 7.61. The Balaban J connectivity index is 2.47. The van der Waals surface area contributed by atoms with E-state index in [2.05, 4.69) is 38.3 Å². The highest BCUT2D eigenvalue weighted by molar-refractivity contribution is 5.88. The zero-order valence-corrected chi connectivity index (χ0v) is 13.4. The topological polar surface area (TPSA) is 61.4 Å². The van der Waals surface area contributed by atoms with Crippen LogP contribution in [0.25, 0.3) is 0 Å². The Morgan fingerprint density at radius 2 is 1.80 bits per heavy atom. The summed E-state index contributed by atoms with van der Waals surface area (Å²) in [6.45, 7) is 9.33. The van der Waals surface area contributed by atoms with Crippen LogP contribution in [0.3, 0.4) is 0 Å². The highest BCUT2D eigenvalue weighted by atomic mass is 16.2. The molecule has 0 saturated carbocycles. The van der Waals surface area contributed by atoms with E-state index in [1.165, 1.54) is 0 Å². The molecular formula is C15H29N3O2. The van der Waals surface area contributed by atoms with E-state index in [1.807, 2.05) is 0 Å². The lowest BCUT2D eigenvalue weighted by atomic mass is 9.96. The molecule has 0 aliphatic carbocycles. The van der Waals surface area contributed by atoms with Gasteiger partial charge in [0.15, 0.2) is 0 Å². The molecule has 1 atom stereocenters. The Morgan fingerprint density at radius 3 is 2.20 bits per heavy atom. The second-order valence-electron chi connectivity index (χ2n) is 6.67. The van der Waals surface area contributed by atoms with E-state index in [-0.39, 0.29) is 24.0 Å². The summed E-state index contributed by atoms with van der Waals surface area (Å²) >= 11 is 0. The molecule has 1 fully saturated rings. The minimum absolute atomic E-state index is 0.00409. The maximum atomic E-state index is 12.0. The van der Waals surface area contributed by atoms with Crippen LogP contribution in [0.2, 0.25) is 0 Å². The molecule has 0 radical (unpaired) electrons. The van der Waals surface area contributed by atoms with Gasteiger partial charge in [-0.25, -0.2) is 4.79 Å². The van der Waals surface area contributed by atoms with Crippen LogP contribution in [0.4, 0.5) is 4.79 Å². The quantitative estimate of drug-likeness (QED) is 0.783. The van der Waals surface area contributed by atoms with E-state index < -0.39 is 0 Å². The molecule has 3 amide bonds. The second-order valence-corrected chi connectivity index (χ2v) is 6.67. The monoisotopic (exact) mass is 283 g/mol. The summed E-state index contributed by atoms with van der Waals surface area (Å²) in [5.41, 5.74) is 0. The second kappa shape index (κ2) is 7.50. The standard InChI is InChI=1S/C15H29N3O2/c1-10(2)8-12(9-11(3)4)16-15(20)17-13-6-7-18(5)14(13)19/h10-13H,6-9H2,1-5H3,(H2,16,17,20). The summed E-state index contributed by atoms with van der Waals surface area (Å²) in [4.78, 5) is 25.5. The molecule has 1 saturated heterocycles. The average molecular weight is 283 g/mol. The lowest BCUT2D eigenvalue weighted by Crippen LogP contribution is -2.49. The van der Waals surface area contributed by atoms with E-state index >= 15 is 0 Å². The molecular weight excluding hydrogens is 254 g/mol. The number of likely N-dealkylation sites (N-methyl/N-ethyl adjacent to an activating group) is 1. The molecule has 1 aliphatic heterocycles. The third kappa shape index (κ3) is 5.39. The van der Waals surface area contributed by atoms with E-state index in [9.17, 15) is 9.59 Å². The summed E-state index contributed by atoms with van der Waals surface area (Å²) in [5.74, 6) is 1.08. The summed E-state index contributed by atoms with van der Waals surface area (Å²) < 4.78 is 0. The minimum atomic E-state index is -0.362. The number of nitrogens with zero attached hydrogens (tertiary/aromatic N) is 1. The molecule has 1 rings (SSSR count). The molecule has 0 aromatic rings. The van der Waals surface area contributed by atoms with Gasteiger partial charge in [-0.2, -0.15) is 0 Å². The zero-order valence-electron chi connectivity index (χ0n) is 13.4. The van der Waals surface area contributed by atoms with Gasteiger partial charge in [-0.05, 0) is 31.1 Å². The van der Waals surface area contributed by atoms with Gasteiger partial charge < -0.3 is 15.5 Å². The summed E-state index contributed by atoms with van der Waals surface area (Å²) in [6, 6.07) is -0.409. The normalized spacial score (nSPS) is 19.3. The van der Waals surface area contributed by atoms with Crippen LogP contribution >= 0.6 is 0 Å². The van der Waals surface area contributed by atoms with E-state index in [1.54, 1.807) is 11.9 Å². The van der Waals surface area contributed by atoms with Gasteiger partial charge in [0.05, 0.1) is 0 Å². The smallest absolute Gasteiger partial charge is 0.315 e. The van der Waals surface area contributed by atoms with Crippen LogP contribution in [-0.2, 0) is 4.79 Å². The number of nitrogens with one attached hydrogen (secondary N) is 2. The van der Waals surface area contributed by atoms with Gasteiger partial charge in [0.1, 0.15) is 6.04 Å². The summed E-state index contributed by atoms with van der Waals surface area (Å²) in [5, 5.41) is 5.82. The number of likely N-dealkylation sites (tertiary alicyclic amines) is 1. The fourth-order valence-corrected chi connectivity index (χ4v) is 2.69. The first-order valence-corrected chi connectivity index (χ1v) is 7.61. The molecule has 0 bridgehead atoms. The highest BCUT2D eigenvalue weighted by Gasteiger charge is 2.30. The van der Waals surface area contributed by atoms with Gasteiger partial charge >= 0.3 is 6.03 Å². The van der Waals surface area contributed by atoms with Gasteiger partial charge in [0, 0.05) is 19.6 Å². The Morgan fingerprint density at radius 1 is 1.25 bits per heavy atom. The maximum Gasteiger partial charge on any atom is 0.315 e. The van der Waals surface area contributed by atoms with Gasteiger partial charge in [-0.1, -0.05) is 27.7 Å². The summed E-state index contributed by atoms with van der Waals surface area (Å²) in [7, 11) is 1.77. The molecule has 1 unspecified atom stereocenters. The number of carbonyl (C=O) groups is 2. The van der Waals surface area contributed by atoms with E-state index in [0.717, 1.165) is 12.8 Å². The predicted molar refractivity (Wildman–Crippen MR) is 80.4 cm³/mol.